The molecule has 0 radical (unpaired) electrons. The van der Waals surface area contributed by atoms with Gasteiger partial charge in [-0.3, -0.25) is 5.43 Å². The Hall–Kier alpha value is -1.07. The van der Waals surface area contributed by atoms with Gasteiger partial charge in [0.05, 0.1) is 6.54 Å². The van der Waals surface area contributed by atoms with E-state index >= 15 is 0 Å². The van der Waals surface area contributed by atoms with Crippen LogP contribution in [0.25, 0.3) is 0 Å². The highest BCUT2D eigenvalue weighted by molar-refractivity contribution is 7.11. The maximum absolute atomic E-state index is 5.39. The lowest BCUT2D eigenvalue weighted by Crippen LogP contribution is -2.42. The Morgan fingerprint density at radius 3 is 2.75 bits per heavy atom. The molecule has 90 valence electrons. The van der Waals surface area contributed by atoms with Crippen LogP contribution in [0.5, 0.6) is 0 Å². The number of nitrogens with two attached hydrogens (primary N) is 1. The molecule has 0 amide bonds. The summed E-state index contributed by atoms with van der Waals surface area (Å²) in [5.74, 6) is 6.61. The summed E-state index contributed by atoms with van der Waals surface area (Å²) in [6.07, 6.45) is 0. The van der Waals surface area contributed by atoms with Crippen LogP contribution in [0.1, 0.15) is 23.6 Å². The third kappa shape index (κ3) is 4.63. The van der Waals surface area contributed by atoms with Gasteiger partial charge < -0.3 is 5.32 Å². The van der Waals surface area contributed by atoms with Crippen LogP contribution in [-0.4, -0.2) is 12.5 Å². The van der Waals surface area contributed by atoms with Crippen molar-refractivity contribution < 1.29 is 0 Å². The number of thiophene rings is 1. The number of aryl methyl sites for hydroxylation is 1. The van der Waals surface area contributed by atoms with Crippen LogP contribution in [0.4, 0.5) is 0 Å². The summed E-state index contributed by atoms with van der Waals surface area (Å²) in [6.45, 7) is 7.92. The number of nitrogens with one attached hydrogen (secondary N) is 2. The molecule has 16 heavy (non-hydrogen) atoms. The van der Waals surface area contributed by atoms with E-state index in [-0.39, 0.29) is 0 Å². The fourth-order valence-corrected chi connectivity index (χ4v) is 2.00. The molecule has 0 fully saturated rings. The smallest absolute Gasteiger partial charge is 0.206 e. The zero-order valence-electron chi connectivity index (χ0n) is 10.1. The molecule has 1 heterocycles. The minimum Gasteiger partial charge on any atom is -0.355 e. The van der Waals surface area contributed by atoms with Crippen molar-refractivity contribution >= 4 is 17.3 Å². The summed E-state index contributed by atoms with van der Waals surface area (Å²) < 4.78 is 0. The molecule has 1 aromatic heterocycles. The van der Waals surface area contributed by atoms with Crippen LogP contribution < -0.4 is 16.6 Å². The van der Waals surface area contributed by atoms with Gasteiger partial charge in [-0.15, -0.1) is 11.3 Å². The molecule has 1 aromatic rings. The van der Waals surface area contributed by atoms with Gasteiger partial charge in [-0.2, -0.15) is 0 Å². The van der Waals surface area contributed by atoms with Crippen molar-refractivity contribution in [2.24, 2.45) is 16.8 Å². The first-order chi connectivity index (χ1) is 7.61. The van der Waals surface area contributed by atoms with Gasteiger partial charge in [0.15, 0.2) is 0 Å². The Balaban J connectivity index is 2.46. The van der Waals surface area contributed by atoms with Crippen molar-refractivity contribution in [2.45, 2.75) is 27.3 Å². The van der Waals surface area contributed by atoms with E-state index in [9.17, 15) is 0 Å². The lowest BCUT2D eigenvalue weighted by molar-refractivity contribution is 0.615. The maximum Gasteiger partial charge on any atom is 0.206 e. The lowest BCUT2D eigenvalue weighted by Gasteiger charge is -2.10. The maximum atomic E-state index is 5.39. The summed E-state index contributed by atoms with van der Waals surface area (Å²) in [6, 6.07) is 4.20. The number of hydrogen-bond acceptors (Lipinski definition) is 3. The van der Waals surface area contributed by atoms with Crippen molar-refractivity contribution in [3.8, 4) is 0 Å². The Bertz CT molecular complexity index is 344. The quantitative estimate of drug-likeness (QED) is 0.324. The second-order valence-corrected chi connectivity index (χ2v) is 5.47. The highest BCUT2D eigenvalue weighted by atomic mass is 32.1. The first-order valence-electron chi connectivity index (χ1n) is 5.42. The van der Waals surface area contributed by atoms with Crippen molar-refractivity contribution in [3.05, 3.63) is 21.9 Å². The van der Waals surface area contributed by atoms with Crippen LogP contribution in [-0.2, 0) is 6.54 Å². The topological polar surface area (TPSA) is 62.4 Å². The highest BCUT2D eigenvalue weighted by Crippen LogP contribution is 2.15. The fraction of sp³-hybridized carbons (Fsp3) is 0.545. The highest BCUT2D eigenvalue weighted by Gasteiger charge is 1.99. The van der Waals surface area contributed by atoms with Crippen molar-refractivity contribution in [1.82, 2.24) is 10.7 Å². The molecule has 0 bridgehead atoms. The van der Waals surface area contributed by atoms with Crippen LogP contribution in [0.2, 0.25) is 0 Å². The van der Waals surface area contributed by atoms with Gasteiger partial charge >= 0.3 is 0 Å². The van der Waals surface area contributed by atoms with Gasteiger partial charge in [-0.05, 0) is 25.0 Å². The van der Waals surface area contributed by atoms with Crippen molar-refractivity contribution in [3.63, 3.8) is 0 Å². The van der Waals surface area contributed by atoms with E-state index in [1.54, 1.807) is 11.3 Å². The van der Waals surface area contributed by atoms with E-state index in [0.717, 1.165) is 6.54 Å². The standard InChI is InChI=1S/C11H20N4S/c1-8(2)6-13-11(15-12)14-7-10-5-4-9(3)16-10/h4-5,8H,6-7,12H2,1-3H3,(H2,13,14,15). The summed E-state index contributed by atoms with van der Waals surface area (Å²) in [4.78, 5) is 6.93. The zero-order valence-corrected chi connectivity index (χ0v) is 10.9. The minimum atomic E-state index is 0.572. The normalized spacial score (nSPS) is 11.9. The first kappa shape index (κ1) is 13.0. The van der Waals surface area contributed by atoms with Crippen LogP contribution in [0.3, 0.4) is 0 Å². The third-order valence-corrected chi connectivity index (χ3v) is 2.99. The van der Waals surface area contributed by atoms with Gasteiger partial charge in [0.2, 0.25) is 5.96 Å². The Kier molecular flexibility index (Phi) is 5.28. The molecule has 0 aromatic carbocycles. The van der Waals surface area contributed by atoms with Gasteiger partial charge in [0.1, 0.15) is 0 Å². The molecule has 0 aliphatic carbocycles. The summed E-state index contributed by atoms with van der Waals surface area (Å²) in [5.41, 5.74) is 2.58. The predicted octanol–water partition coefficient (Wildman–Crippen LogP) is 1.62. The Labute approximate surface area is 101 Å². The van der Waals surface area contributed by atoms with Gasteiger partial charge in [0, 0.05) is 16.3 Å². The van der Waals surface area contributed by atoms with E-state index < -0.39 is 0 Å². The monoisotopic (exact) mass is 240 g/mol. The number of nitrogens with zero attached hydrogens (tertiary/aromatic N) is 1. The average molecular weight is 240 g/mol. The second kappa shape index (κ2) is 6.50. The number of hydrazine groups is 1. The van der Waals surface area contributed by atoms with Crippen LogP contribution in [0.15, 0.2) is 17.1 Å². The molecule has 0 aliphatic rings. The third-order valence-electron chi connectivity index (χ3n) is 2.00. The van der Waals surface area contributed by atoms with E-state index in [1.165, 1.54) is 9.75 Å². The number of guanidine groups is 1. The van der Waals surface area contributed by atoms with E-state index in [2.05, 4.69) is 48.6 Å². The van der Waals surface area contributed by atoms with E-state index in [1.807, 2.05) is 0 Å². The molecule has 0 saturated heterocycles. The van der Waals surface area contributed by atoms with Gasteiger partial charge in [0.25, 0.3) is 0 Å². The molecule has 0 saturated carbocycles. The number of hydrogen-bond donors (Lipinski definition) is 3. The SMILES string of the molecule is Cc1ccc(CN=C(NN)NCC(C)C)s1. The molecule has 0 spiro atoms. The molecule has 1 rings (SSSR count). The average Bonchev–Trinajstić information content (AvgIpc) is 2.64. The molecule has 0 atom stereocenters. The summed E-state index contributed by atoms with van der Waals surface area (Å²) >= 11 is 1.76. The summed E-state index contributed by atoms with van der Waals surface area (Å²) in [5, 5.41) is 3.16. The number of aliphatic imine (C=N–C) groups is 1. The second-order valence-electron chi connectivity index (χ2n) is 4.10. The summed E-state index contributed by atoms with van der Waals surface area (Å²) in [7, 11) is 0. The van der Waals surface area contributed by atoms with Gasteiger partial charge in [-0.25, -0.2) is 10.8 Å². The Morgan fingerprint density at radius 1 is 1.50 bits per heavy atom. The fourth-order valence-electron chi connectivity index (χ4n) is 1.18. The van der Waals surface area contributed by atoms with E-state index in [0.29, 0.717) is 18.4 Å². The predicted molar refractivity (Wildman–Crippen MR) is 70.4 cm³/mol. The Morgan fingerprint density at radius 2 is 2.25 bits per heavy atom. The molecular formula is C11H20N4S. The zero-order chi connectivity index (χ0) is 12.0. The van der Waals surface area contributed by atoms with Crippen LogP contribution >= 0.6 is 11.3 Å². The van der Waals surface area contributed by atoms with E-state index in [4.69, 9.17) is 5.84 Å². The molecule has 4 nitrogen and oxygen atoms in total. The lowest BCUT2D eigenvalue weighted by atomic mass is 10.2. The molecular weight excluding hydrogens is 220 g/mol. The molecule has 5 heteroatoms. The van der Waals surface area contributed by atoms with Crippen molar-refractivity contribution in [1.29, 1.82) is 0 Å². The molecule has 4 N–H and O–H groups in total. The van der Waals surface area contributed by atoms with Gasteiger partial charge in [-0.1, -0.05) is 13.8 Å². The number of rotatable bonds is 4. The first-order valence-corrected chi connectivity index (χ1v) is 6.23. The molecule has 0 unspecified atom stereocenters. The largest absolute Gasteiger partial charge is 0.355 e. The minimum absolute atomic E-state index is 0.572. The van der Waals surface area contributed by atoms with Crippen molar-refractivity contribution in [2.75, 3.05) is 6.54 Å². The van der Waals surface area contributed by atoms with Crippen LogP contribution in [0, 0.1) is 12.8 Å². The molecule has 0 aliphatic heterocycles.